The maximum absolute atomic E-state index is 11.9. The summed E-state index contributed by atoms with van der Waals surface area (Å²) in [7, 11) is 1.72. The average molecular weight is 286 g/mol. The van der Waals surface area contributed by atoms with E-state index in [4.69, 9.17) is 9.84 Å². The highest BCUT2D eigenvalue weighted by molar-refractivity contribution is 5.74. The lowest BCUT2D eigenvalue weighted by Crippen LogP contribution is -2.47. The molecule has 1 saturated carbocycles. The van der Waals surface area contributed by atoms with Gasteiger partial charge in [0.15, 0.2) is 0 Å². The fourth-order valence-corrected chi connectivity index (χ4v) is 2.78. The van der Waals surface area contributed by atoms with Crippen LogP contribution in [0, 0.1) is 11.3 Å². The number of rotatable bonds is 8. The molecular weight excluding hydrogens is 256 g/mol. The molecule has 2 unspecified atom stereocenters. The number of hydrogen-bond donors (Lipinski definition) is 3. The van der Waals surface area contributed by atoms with Gasteiger partial charge in [0.25, 0.3) is 0 Å². The van der Waals surface area contributed by atoms with Crippen molar-refractivity contribution in [2.75, 3.05) is 26.9 Å². The van der Waals surface area contributed by atoms with E-state index in [9.17, 15) is 4.79 Å². The Labute approximate surface area is 122 Å². The van der Waals surface area contributed by atoms with Gasteiger partial charge in [-0.1, -0.05) is 19.8 Å². The highest BCUT2D eigenvalue weighted by Gasteiger charge is 2.33. The van der Waals surface area contributed by atoms with Crippen LogP contribution in [0.2, 0.25) is 0 Å². The van der Waals surface area contributed by atoms with Crippen LogP contribution in [-0.4, -0.2) is 44.0 Å². The fourth-order valence-electron chi connectivity index (χ4n) is 2.78. The Kier molecular flexibility index (Phi) is 7.30. The van der Waals surface area contributed by atoms with Gasteiger partial charge in [0.05, 0.1) is 0 Å². The minimum Gasteiger partial charge on any atom is -0.396 e. The summed E-state index contributed by atoms with van der Waals surface area (Å²) in [5, 5.41) is 15.0. The molecule has 3 N–H and O–H groups in total. The molecule has 1 rings (SSSR count). The van der Waals surface area contributed by atoms with E-state index in [1.165, 1.54) is 25.7 Å². The van der Waals surface area contributed by atoms with Crippen LogP contribution in [0.5, 0.6) is 0 Å². The van der Waals surface area contributed by atoms with E-state index in [1.807, 2.05) is 13.8 Å². The number of aliphatic hydroxyl groups is 1. The second-order valence-electron chi connectivity index (χ2n) is 6.23. The first-order chi connectivity index (χ1) is 9.53. The number of ether oxygens (including phenoxy) is 1. The maximum atomic E-state index is 11.9. The topological polar surface area (TPSA) is 70.6 Å². The fraction of sp³-hybridized carbons (Fsp3) is 0.933. The van der Waals surface area contributed by atoms with Gasteiger partial charge >= 0.3 is 6.03 Å². The molecule has 1 aliphatic carbocycles. The number of methoxy groups -OCH3 is 1. The van der Waals surface area contributed by atoms with Crippen LogP contribution in [0.1, 0.15) is 46.0 Å². The lowest BCUT2D eigenvalue weighted by Gasteiger charge is -2.29. The Bertz CT molecular complexity index is 291. The summed E-state index contributed by atoms with van der Waals surface area (Å²) in [4.78, 5) is 11.9. The molecule has 0 aromatic rings. The van der Waals surface area contributed by atoms with Gasteiger partial charge in [-0.3, -0.25) is 0 Å². The standard InChI is InChI=1S/C15H30N2O3/c1-12(10-18)13(2)17-14(19)16-11-15(8-9-20-3)6-4-5-7-15/h12-13,18H,4-11H2,1-3H3,(H2,16,17,19). The molecule has 1 aliphatic rings. The molecule has 0 aromatic heterocycles. The van der Waals surface area contributed by atoms with E-state index in [0.29, 0.717) is 6.54 Å². The minimum atomic E-state index is -0.138. The summed E-state index contributed by atoms with van der Waals surface area (Å²) in [6.07, 6.45) is 5.82. The number of urea groups is 1. The second kappa shape index (κ2) is 8.47. The third-order valence-corrected chi connectivity index (χ3v) is 4.62. The third-order valence-electron chi connectivity index (χ3n) is 4.62. The summed E-state index contributed by atoms with van der Waals surface area (Å²) in [5.41, 5.74) is 0.208. The smallest absolute Gasteiger partial charge is 0.315 e. The van der Waals surface area contributed by atoms with Crippen molar-refractivity contribution in [2.24, 2.45) is 11.3 Å². The number of amides is 2. The lowest BCUT2D eigenvalue weighted by molar-refractivity contribution is 0.135. The van der Waals surface area contributed by atoms with Gasteiger partial charge in [-0.2, -0.15) is 0 Å². The number of aliphatic hydroxyl groups excluding tert-OH is 1. The average Bonchev–Trinajstić information content (AvgIpc) is 2.91. The van der Waals surface area contributed by atoms with Crippen LogP contribution >= 0.6 is 0 Å². The van der Waals surface area contributed by atoms with Crippen LogP contribution in [-0.2, 0) is 4.74 Å². The molecular formula is C15H30N2O3. The van der Waals surface area contributed by atoms with Gasteiger partial charge in [-0.15, -0.1) is 0 Å². The molecule has 5 heteroatoms. The van der Waals surface area contributed by atoms with Crippen molar-refractivity contribution >= 4 is 6.03 Å². The van der Waals surface area contributed by atoms with Gasteiger partial charge in [-0.25, -0.2) is 4.79 Å². The van der Waals surface area contributed by atoms with Gasteiger partial charge < -0.3 is 20.5 Å². The second-order valence-corrected chi connectivity index (χ2v) is 6.23. The van der Waals surface area contributed by atoms with Crippen molar-refractivity contribution in [3.05, 3.63) is 0 Å². The number of carbonyl (C=O) groups is 1. The molecule has 2 amide bonds. The molecule has 0 aromatic carbocycles. The number of hydrogen-bond acceptors (Lipinski definition) is 3. The first-order valence-electron chi connectivity index (χ1n) is 7.67. The Morgan fingerprint density at radius 1 is 1.35 bits per heavy atom. The monoisotopic (exact) mass is 286 g/mol. The summed E-state index contributed by atoms with van der Waals surface area (Å²) < 4.78 is 5.19. The Balaban J connectivity index is 2.37. The van der Waals surface area contributed by atoms with Crippen molar-refractivity contribution in [3.63, 3.8) is 0 Å². The zero-order valence-corrected chi connectivity index (χ0v) is 13.1. The van der Waals surface area contributed by atoms with Crippen LogP contribution in [0.3, 0.4) is 0 Å². The number of carbonyl (C=O) groups excluding carboxylic acids is 1. The highest BCUT2D eigenvalue weighted by atomic mass is 16.5. The van der Waals surface area contributed by atoms with Crippen LogP contribution in [0.15, 0.2) is 0 Å². The summed E-state index contributed by atoms with van der Waals surface area (Å²) in [6.45, 7) is 5.38. The van der Waals surface area contributed by atoms with E-state index < -0.39 is 0 Å². The van der Waals surface area contributed by atoms with E-state index in [-0.39, 0.29) is 30.0 Å². The largest absolute Gasteiger partial charge is 0.396 e. The van der Waals surface area contributed by atoms with Gasteiger partial charge in [0.2, 0.25) is 0 Å². The van der Waals surface area contributed by atoms with E-state index in [2.05, 4.69) is 10.6 Å². The predicted octanol–water partition coefficient (Wildman–Crippen LogP) is 1.90. The first kappa shape index (κ1) is 17.2. The lowest BCUT2D eigenvalue weighted by atomic mass is 9.83. The molecule has 0 heterocycles. The zero-order valence-electron chi connectivity index (χ0n) is 13.1. The van der Waals surface area contributed by atoms with Crippen LogP contribution in [0.4, 0.5) is 4.79 Å². The van der Waals surface area contributed by atoms with E-state index >= 15 is 0 Å². The van der Waals surface area contributed by atoms with Crippen molar-refractivity contribution < 1.29 is 14.6 Å². The highest BCUT2D eigenvalue weighted by Crippen LogP contribution is 2.40. The first-order valence-corrected chi connectivity index (χ1v) is 7.67. The van der Waals surface area contributed by atoms with Crippen molar-refractivity contribution in [2.45, 2.75) is 52.0 Å². The molecule has 1 fully saturated rings. The number of nitrogens with one attached hydrogen (secondary N) is 2. The molecule has 0 aliphatic heterocycles. The minimum absolute atomic E-state index is 0.0292. The quantitative estimate of drug-likeness (QED) is 0.638. The summed E-state index contributed by atoms with van der Waals surface area (Å²) in [5.74, 6) is 0.0645. The molecule has 5 nitrogen and oxygen atoms in total. The third kappa shape index (κ3) is 5.29. The summed E-state index contributed by atoms with van der Waals surface area (Å²) in [6, 6.07) is -0.167. The van der Waals surface area contributed by atoms with Crippen molar-refractivity contribution in [1.82, 2.24) is 10.6 Å². The van der Waals surface area contributed by atoms with Gasteiger partial charge in [0, 0.05) is 32.9 Å². The Morgan fingerprint density at radius 2 is 2.00 bits per heavy atom. The van der Waals surface area contributed by atoms with E-state index in [0.717, 1.165) is 13.0 Å². The van der Waals surface area contributed by atoms with E-state index in [1.54, 1.807) is 7.11 Å². The Hall–Kier alpha value is -0.810. The molecule has 0 bridgehead atoms. The van der Waals surface area contributed by atoms with Crippen LogP contribution in [0.25, 0.3) is 0 Å². The SMILES string of the molecule is COCCC1(CNC(=O)NC(C)C(C)CO)CCCC1. The molecule has 2 atom stereocenters. The predicted molar refractivity (Wildman–Crippen MR) is 79.6 cm³/mol. The zero-order chi connectivity index (χ0) is 15.0. The van der Waals surface area contributed by atoms with Crippen molar-refractivity contribution in [1.29, 1.82) is 0 Å². The van der Waals surface area contributed by atoms with Gasteiger partial charge in [0.1, 0.15) is 0 Å². The molecule has 118 valence electrons. The molecule has 0 radical (unpaired) electrons. The molecule has 0 spiro atoms. The maximum Gasteiger partial charge on any atom is 0.315 e. The summed E-state index contributed by atoms with van der Waals surface area (Å²) >= 11 is 0. The Morgan fingerprint density at radius 3 is 2.55 bits per heavy atom. The van der Waals surface area contributed by atoms with Gasteiger partial charge in [-0.05, 0) is 37.5 Å². The molecule has 0 saturated heterocycles. The molecule has 20 heavy (non-hydrogen) atoms. The van der Waals surface area contributed by atoms with Crippen molar-refractivity contribution in [3.8, 4) is 0 Å². The van der Waals surface area contributed by atoms with Crippen LogP contribution < -0.4 is 10.6 Å². The normalized spacial score (nSPS) is 20.4.